The second-order valence-corrected chi connectivity index (χ2v) is 10.6. The molecule has 2 saturated carbocycles. The van der Waals surface area contributed by atoms with Crippen LogP contribution in [0.25, 0.3) is 0 Å². The molecule has 4 rings (SSSR count). The van der Waals surface area contributed by atoms with Gasteiger partial charge in [0.25, 0.3) is 0 Å². The van der Waals surface area contributed by atoms with Crippen molar-refractivity contribution in [2.75, 3.05) is 6.61 Å². The normalized spacial score (nSPS) is 24.9. The molecular formula is C30H39F3O2. The monoisotopic (exact) mass is 488 g/mol. The van der Waals surface area contributed by atoms with Gasteiger partial charge in [-0.3, -0.25) is 0 Å². The maximum Gasteiger partial charge on any atom is 0.162 e. The molecule has 5 heteroatoms. The van der Waals surface area contributed by atoms with E-state index in [0.29, 0.717) is 35.0 Å². The molecule has 0 unspecified atom stereocenters. The summed E-state index contributed by atoms with van der Waals surface area (Å²) in [6.07, 6.45) is 9.02. The molecule has 0 atom stereocenters. The molecular weight excluding hydrogens is 449 g/mol. The lowest BCUT2D eigenvalue weighted by Gasteiger charge is -2.30. The summed E-state index contributed by atoms with van der Waals surface area (Å²) in [5.74, 6) is -0.267. The third-order valence-electron chi connectivity index (χ3n) is 7.98. The maximum absolute atomic E-state index is 15.1. The lowest BCUT2D eigenvalue weighted by Crippen LogP contribution is -2.22. The Morgan fingerprint density at radius 2 is 1.40 bits per heavy atom. The van der Waals surface area contributed by atoms with Crippen LogP contribution in [0.4, 0.5) is 13.2 Å². The maximum atomic E-state index is 15.1. The number of hydrogen-bond donors (Lipinski definition) is 0. The Labute approximate surface area is 208 Å². The number of rotatable bonds is 9. The van der Waals surface area contributed by atoms with Crippen molar-refractivity contribution in [2.45, 2.75) is 103 Å². The minimum absolute atomic E-state index is 0.000988. The lowest BCUT2D eigenvalue weighted by molar-refractivity contribution is 0.0118. The first kappa shape index (κ1) is 26.1. The zero-order valence-electron chi connectivity index (χ0n) is 21.1. The van der Waals surface area contributed by atoms with Gasteiger partial charge in [0.05, 0.1) is 19.3 Å². The van der Waals surface area contributed by atoms with E-state index in [1.807, 2.05) is 12.1 Å². The standard InChI is InChI=1S/C30H39F3O2/c1-3-4-17-34-25-14-11-23(28(31)18-25)19-35-24-12-9-22(10-13-24)27-16-15-26(29(32)30(27)33)21-7-5-20(2)6-8-21/h11,14-16,18,20-22,24H,3-10,12-13,17,19H2,1-2H3. The van der Waals surface area contributed by atoms with Gasteiger partial charge >= 0.3 is 0 Å². The number of halogens is 3. The molecule has 2 aromatic rings. The minimum Gasteiger partial charge on any atom is -0.493 e. The van der Waals surface area contributed by atoms with Crippen molar-refractivity contribution in [3.8, 4) is 5.75 Å². The molecule has 35 heavy (non-hydrogen) atoms. The number of unbranched alkanes of at least 4 members (excludes halogenated alkanes) is 1. The summed E-state index contributed by atoms with van der Waals surface area (Å²) in [7, 11) is 0. The molecule has 2 aliphatic rings. The zero-order valence-corrected chi connectivity index (χ0v) is 21.1. The molecule has 2 nitrogen and oxygen atoms in total. The average Bonchev–Trinajstić information content (AvgIpc) is 2.86. The Hall–Kier alpha value is -2.01. The predicted octanol–water partition coefficient (Wildman–Crippen LogP) is 8.82. The van der Waals surface area contributed by atoms with Gasteiger partial charge in [-0.15, -0.1) is 0 Å². The highest BCUT2D eigenvalue weighted by atomic mass is 19.2. The van der Waals surface area contributed by atoms with E-state index in [0.717, 1.165) is 64.2 Å². The van der Waals surface area contributed by atoms with Crippen molar-refractivity contribution >= 4 is 0 Å². The fraction of sp³-hybridized carbons (Fsp3) is 0.600. The van der Waals surface area contributed by atoms with Crippen LogP contribution in [0.1, 0.15) is 107 Å². The van der Waals surface area contributed by atoms with Gasteiger partial charge in [0.1, 0.15) is 11.6 Å². The smallest absolute Gasteiger partial charge is 0.162 e. The zero-order chi connectivity index (χ0) is 24.8. The van der Waals surface area contributed by atoms with E-state index in [1.54, 1.807) is 12.1 Å². The summed E-state index contributed by atoms with van der Waals surface area (Å²) < 4.78 is 56.0. The molecule has 0 heterocycles. The van der Waals surface area contributed by atoms with Crippen molar-refractivity contribution < 1.29 is 22.6 Å². The van der Waals surface area contributed by atoms with Crippen LogP contribution in [0.3, 0.4) is 0 Å². The van der Waals surface area contributed by atoms with Crippen LogP contribution in [0.15, 0.2) is 30.3 Å². The van der Waals surface area contributed by atoms with Gasteiger partial charge < -0.3 is 9.47 Å². The second kappa shape index (κ2) is 12.3. The third-order valence-corrected chi connectivity index (χ3v) is 7.98. The second-order valence-electron chi connectivity index (χ2n) is 10.6. The fourth-order valence-corrected chi connectivity index (χ4v) is 5.60. The van der Waals surface area contributed by atoms with E-state index >= 15 is 4.39 Å². The largest absolute Gasteiger partial charge is 0.493 e. The first-order valence-electron chi connectivity index (χ1n) is 13.5. The lowest BCUT2D eigenvalue weighted by atomic mass is 9.77. The highest BCUT2D eigenvalue weighted by Crippen LogP contribution is 2.40. The van der Waals surface area contributed by atoms with Gasteiger partial charge in [-0.1, -0.05) is 51.3 Å². The van der Waals surface area contributed by atoms with E-state index in [1.165, 1.54) is 6.07 Å². The van der Waals surface area contributed by atoms with Crippen molar-refractivity contribution in [3.63, 3.8) is 0 Å². The van der Waals surface area contributed by atoms with Crippen molar-refractivity contribution in [1.29, 1.82) is 0 Å². The van der Waals surface area contributed by atoms with Crippen LogP contribution in [-0.4, -0.2) is 12.7 Å². The molecule has 0 radical (unpaired) electrons. The van der Waals surface area contributed by atoms with Crippen LogP contribution in [0, 0.1) is 23.4 Å². The quantitative estimate of drug-likeness (QED) is 0.328. The molecule has 2 fully saturated rings. The van der Waals surface area contributed by atoms with E-state index in [9.17, 15) is 8.78 Å². The number of ether oxygens (including phenoxy) is 2. The third kappa shape index (κ3) is 6.61. The number of hydrogen-bond acceptors (Lipinski definition) is 2. The van der Waals surface area contributed by atoms with Crippen molar-refractivity contribution in [2.24, 2.45) is 5.92 Å². The molecule has 0 aliphatic heterocycles. The summed E-state index contributed by atoms with van der Waals surface area (Å²) in [6.45, 7) is 5.10. The summed E-state index contributed by atoms with van der Waals surface area (Å²) in [4.78, 5) is 0. The Kier molecular flexibility index (Phi) is 9.16. The van der Waals surface area contributed by atoms with Gasteiger partial charge in [0, 0.05) is 11.6 Å². The molecule has 0 aromatic heterocycles. The van der Waals surface area contributed by atoms with Crippen molar-refractivity contribution in [1.82, 2.24) is 0 Å². The predicted molar refractivity (Wildman–Crippen MR) is 133 cm³/mol. The van der Waals surface area contributed by atoms with Gasteiger partial charge in [-0.25, -0.2) is 13.2 Å². The number of benzene rings is 2. The van der Waals surface area contributed by atoms with Gasteiger partial charge in [0.15, 0.2) is 11.6 Å². The summed E-state index contributed by atoms with van der Waals surface area (Å²) in [5, 5.41) is 0. The molecule has 0 spiro atoms. The molecule has 2 aliphatic carbocycles. The first-order valence-corrected chi connectivity index (χ1v) is 13.5. The van der Waals surface area contributed by atoms with E-state index in [-0.39, 0.29) is 30.4 Å². The van der Waals surface area contributed by atoms with Crippen molar-refractivity contribution in [3.05, 3.63) is 64.5 Å². The molecule has 192 valence electrons. The summed E-state index contributed by atoms with van der Waals surface area (Å²) >= 11 is 0. The summed E-state index contributed by atoms with van der Waals surface area (Å²) in [5.41, 5.74) is 1.56. The van der Waals surface area contributed by atoms with E-state index in [2.05, 4.69) is 13.8 Å². The highest BCUT2D eigenvalue weighted by molar-refractivity contribution is 5.32. The fourth-order valence-electron chi connectivity index (χ4n) is 5.60. The van der Waals surface area contributed by atoms with Gasteiger partial charge in [0.2, 0.25) is 0 Å². The first-order chi connectivity index (χ1) is 17.0. The molecule has 0 saturated heterocycles. The topological polar surface area (TPSA) is 18.5 Å². The van der Waals surface area contributed by atoms with Crippen LogP contribution < -0.4 is 4.74 Å². The van der Waals surface area contributed by atoms with Crippen LogP contribution >= 0.6 is 0 Å². The van der Waals surface area contributed by atoms with E-state index in [4.69, 9.17) is 9.47 Å². The Bertz CT molecular complexity index is 960. The Morgan fingerprint density at radius 1 is 0.800 bits per heavy atom. The Morgan fingerprint density at radius 3 is 1.97 bits per heavy atom. The van der Waals surface area contributed by atoms with Gasteiger partial charge in [-0.2, -0.15) is 0 Å². The minimum atomic E-state index is -0.659. The van der Waals surface area contributed by atoms with Crippen LogP contribution in [0.5, 0.6) is 5.75 Å². The van der Waals surface area contributed by atoms with Crippen LogP contribution in [-0.2, 0) is 11.3 Å². The highest BCUT2D eigenvalue weighted by Gasteiger charge is 2.29. The Balaban J connectivity index is 1.28. The SMILES string of the molecule is CCCCOc1ccc(COC2CCC(c3ccc(C4CCC(C)CC4)c(F)c3F)CC2)c(F)c1. The molecule has 0 amide bonds. The molecule has 0 N–H and O–H groups in total. The van der Waals surface area contributed by atoms with Gasteiger partial charge in [-0.05, 0) is 79.9 Å². The molecule has 0 bridgehead atoms. The van der Waals surface area contributed by atoms with Crippen LogP contribution in [0.2, 0.25) is 0 Å². The van der Waals surface area contributed by atoms with E-state index < -0.39 is 11.6 Å². The summed E-state index contributed by atoms with van der Waals surface area (Å²) in [6, 6.07) is 8.56. The average molecular weight is 489 g/mol. The molecule has 2 aromatic carbocycles.